The normalized spacial score (nSPS) is 21.1. The van der Waals surface area contributed by atoms with E-state index in [1.165, 1.54) is 16.4 Å². The Morgan fingerprint density at radius 3 is 2.85 bits per heavy atom. The van der Waals surface area contributed by atoms with Crippen LogP contribution in [0.4, 0.5) is 4.39 Å². The van der Waals surface area contributed by atoms with Crippen molar-refractivity contribution in [1.82, 2.24) is 9.62 Å². The molecule has 1 unspecified atom stereocenters. The van der Waals surface area contributed by atoms with Crippen molar-refractivity contribution in [1.29, 1.82) is 0 Å². The summed E-state index contributed by atoms with van der Waals surface area (Å²) in [4.78, 5) is -0.226. The Hall–Kier alpha value is -0.630. The Bertz CT molecular complexity index is 578. The molecule has 1 atom stereocenters. The van der Waals surface area contributed by atoms with Crippen molar-refractivity contribution in [3.8, 4) is 0 Å². The molecule has 20 heavy (non-hydrogen) atoms. The maximum Gasteiger partial charge on any atom is 0.246 e. The molecule has 0 saturated carbocycles. The molecule has 1 N–H and O–H groups in total. The largest absolute Gasteiger partial charge is 0.316 e. The van der Waals surface area contributed by atoms with E-state index in [0.29, 0.717) is 13.1 Å². The average molecular weight is 318 g/mol. The Kier molecular flexibility index (Phi) is 5.06. The highest BCUT2D eigenvalue weighted by Gasteiger charge is 2.33. The molecule has 2 rings (SSSR count). The van der Waals surface area contributed by atoms with E-state index in [2.05, 4.69) is 5.32 Å². The van der Waals surface area contributed by atoms with E-state index in [0.717, 1.165) is 17.1 Å². The quantitative estimate of drug-likeness (QED) is 0.917. The minimum absolute atomic E-state index is 0.102. The van der Waals surface area contributed by atoms with Crippen LogP contribution in [-0.4, -0.2) is 43.9 Å². The molecule has 1 aromatic rings. The molecule has 1 aromatic carbocycles. The van der Waals surface area contributed by atoms with Crippen LogP contribution in [0, 0.1) is 5.82 Å². The summed E-state index contributed by atoms with van der Waals surface area (Å²) in [6, 6.07) is 4.20. The topological polar surface area (TPSA) is 49.4 Å². The van der Waals surface area contributed by atoms with Crippen LogP contribution >= 0.6 is 11.8 Å². The first-order valence-corrected chi connectivity index (χ1v) is 9.09. The van der Waals surface area contributed by atoms with Crippen molar-refractivity contribution in [2.24, 2.45) is 0 Å². The van der Waals surface area contributed by atoms with Gasteiger partial charge in [-0.3, -0.25) is 0 Å². The van der Waals surface area contributed by atoms with Gasteiger partial charge in [-0.15, -0.1) is 0 Å². The molecule has 0 bridgehead atoms. The minimum atomic E-state index is -3.75. The molecule has 0 spiro atoms. The molecule has 1 fully saturated rings. The summed E-state index contributed by atoms with van der Waals surface area (Å²) in [5, 5.41) is 2.91. The fraction of sp³-hybridized carbons (Fsp3) is 0.538. The predicted molar refractivity (Wildman–Crippen MR) is 79.8 cm³/mol. The highest BCUT2D eigenvalue weighted by atomic mass is 32.2. The molecule has 0 aromatic heterocycles. The van der Waals surface area contributed by atoms with Gasteiger partial charge in [0.2, 0.25) is 10.0 Å². The molecule has 112 valence electrons. The van der Waals surface area contributed by atoms with Crippen LogP contribution in [0.5, 0.6) is 0 Å². The number of nitrogens with zero attached hydrogens (tertiary/aromatic N) is 1. The average Bonchev–Trinajstić information content (AvgIpc) is 2.39. The van der Waals surface area contributed by atoms with Crippen LogP contribution in [0.2, 0.25) is 0 Å². The van der Waals surface area contributed by atoms with Gasteiger partial charge in [-0.05, 0) is 31.7 Å². The Morgan fingerprint density at radius 1 is 1.50 bits per heavy atom. The van der Waals surface area contributed by atoms with Crippen molar-refractivity contribution in [2.75, 3.05) is 25.1 Å². The number of thioether (sulfide) groups is 1. The van der Waals surface area contributed by atoms with Gasteiger partial charge in [-0.25, -0.2) is 12.8 Å². The van der Waals surface area contributed by atoms with E-state index < -0.39 is 15.8 Å². The first kappa shape index (κ1) is 15.8. The van der Waals surface area contributed by atoms with Crippen molar-refractivity contribution >= 4 is 21.8 Å². The Morgan fingerprint density at radius 2 is 2.25 bits per heavy atom. The van der Waals surface area contributed by atoms with Gasteiger partial charge in [0, 0.05) is 30.6 Å². The van der Waals surface area contributed by atoms with Crippen LogP contribution in [0.25, 0.3) is 0 Å². The van der Waals surface area contributed by atoms with Gasteiger partial charge < -0.3 is 5.32 Å². The van der Waals surface area contributed by atoms with E-state index in [1.54, 1.807) is 24.9 Å². The number of halogens is 1. The van der Waals surface area contributed by atoms with Crippen molar-refractivity contribution < 1.29 is 12.8 Å². The lowest BCUT2D eigenvalue weighted by Crippen LogP contribution is -2.44. The maximum atomic E-state index is 14.1. The molecule has 1 heterocycles. The standard InChI is InChI=1S/C13H19FN2O2S2/c1-10-9-19-6-5-16(10)20(17,18)13-4-3-11(8-15-2)7-12(13)14/h3-4,7,10,15H,5-6,8-9H2,1-2H3. The summed E-state index contributed by atoms with van der Waals surface area (Å²) in [6.45, 7) is 2.80. The molecule has 0 aliphatic carbocycles. The summed E-state index contributed by atoms with van der Waals surface area (Å²) in [5.41, 5.74) is 0.728. The van der Waals surface area contributed by atoms with E-state index in [1.807, 2.05) is 6.92 Å². The number of hydrogen-bond donors (Lipinski definition) is 1. The molecular formula is C13H19FN2O2S2. The van der Waals surface area contributed by atoms with E-state index in [9.17, 15) is 12.8 Å². The SMILES string of the molecule is CNCc1ccc(S(=O)(=O)N2CCSCC2C)c(F)c1. The molecule has 7 heteroatoms. The van der Waals surface area contributed by atoms with E-state index >= 15 is 0 Å². The monoisotopic (exact) mass is 318 g/mol. The van der Waals surface area contributed by atoms with Gasteiger partial charge in [0.1, 0.15) is 10.7 Å². The van der Waals surface area contributed by atoms with Gasteiger partial charge in [0.15, 0.2) is 0 Å². The smallest absolute Gasteiger partial charge is 0.246 e. The highest BCUT2D eigenvalue weighted by Crippen LogP contribution is 2.26. The van der Waals surface area contributed by atoms with Crippen molar-refractivity contribution in [3.05, 3.63) is 29.6 Å². The summed E-state index contributed by atoms with van der Waals surface area (Å²) < 4.78 is 40.6. The van der Waals surface area contributed by atoms with Crippen LogP contribution in [0.3, 0.4) is 0 Å². The van der Waals surface area contributed by atoms with Crippen LogP contribution in [-0.2, 0) is 16.6 Å². The second-order valence-corrected chi connectivity index (χ2v) is 7.84. The Labute approximate surface area is 123 Å². The van der Waals surface area contributed by atoms with Gasteiger partial charge >= 0.3 is 0 Å². The third-order valence-corrected chi connectivity index (χ3v) is 6.51. The lowest BCUT2D eigenvalue weighted by atomic mass is 10.2. The van der Waals surface area contributed by atoms with Crippen LogP contribution < -0.4 is 5.32 Å². The second-order valence-electron chi connectivity index (χ2n) is 4.83. The third kappa shape index (κ3) is 3.16. The second kappa shape index (κ2) is 6.43. The van der Waals surface area contributed by atoms with Crippen LogP contribution in [0.1, 0.15) is 12.5 Å². The molecule has 1 saturated heterocycles. The first-order valence-electron chi connectivity index (χ1n) is 6.49. The zero-order valence-electron chi connectivity index (χ0n) is 11.6. The first-order chi connectivity index (χ1) is 9.46. The van der Waals surface area contributed by atoms with Gasteiger partial charge in [0.25, 0.3) is 0 Å². The highest BCUT2D eigenvalue weighted by molar-refractivity contribution is 7.99. The van der Waals surface area contributed by atoms with Gasteiger partial charge in [-0.2, -0.15) is 16.1 Å². The zero-order valence-corrected chi connectivity index (χ0v) is 13.2. The summed E-state index contributed by atoms with van der Waals surface area (Å²) in [5.74, 6) is 0.824. The lowest BCUT2D eigenvalue weighted by molar-refractivity contribution is 0.365. The van der Waals surface area contributed by atoms with E-state index in [4.69, 9.17) is 0 Å². The number of sulfonamides is 1. The molecule has 1 aliphatic heterocycles. The maximum absolute atomic E-state index is 14.1. The fourth-order valence-electron chi connectivity index (χ4n) is 2.26. The molecule has 1 aliphatic rings. The summed E-state index contributed by atoms with van der Waals surface area (Å²) in [7, 11) is -1.99. The number of rotatable bonds is 4. The third-order valence-electron chi connectivity index (χ3n) is 3.27. The van der Waals surface area contributed by atoms with Gasteiger partial charge in [0.05, 0.1) is 0 Å². The Balaban J connectivity index is 2.34. The lowest BCUT2D eigenvalue weighted by Gasteiger charge is -2.32. The van der Waals surface area contributed by atoms with E-state index in [-0.39, 0.29) is 10.9 Å². The number of hydrogen-bond acceptors (Lipinski definition) is 4. The summed E-state index contributed by atoms with van der Waals surface area (Å²) >= 11 is 1.72. The molecule has 0 amide bonds. The fourth-order valence-corrected chi connectivity index (χ4v) is 5.16. The minimum Gasteiger partial charge on any atom is -0.316 e. The van der Waals surface area contributed by atoms with Crippen LogP contribution in [0.15, 0.2) is 23.1 Å². The molecular weight excluding hydrogens is 299 g/mol. The summed E-state index contributed by atoms with van der Waals surface area (Å²) in [6.07, 6.45) is 0. The molecule has 4 nitrogen and oxygen atoms in total. The molecule has 0 radical (unpaired) electrons. The number of nitrogens with one attached hydrogen (secondary N) is 1. The zero-order chi connectivity index (χ0) is 14.8. The van der Waals surface area contributed by atoms with Gasteiger partial charge in [-0.1, -0.05) is 6.07 Å². The number of benzene rings is 1. The van der Waals surface area contributed by atoms with Crippen molar-refractivity contribution in [3.63, 3.8) is 0 Å². The predicted octanol–water partition coefficient (Wildman–Crippen LogP) is 1.67. The van der Waals surface area contributed by atoms with Crippen molar-refractivity contribution in [2.45, 2.75) is 24.4 Å².